The number of ketones is 2. The molecule has 0 bridgehead atoms. The Labute approximate surface area is 144 Å². The van der Waals surface area contributed by atoms with E-state index in [0.717, 1.165) is 38.5 Å². The zero-order valence-corrected chi connectivity index (χ0v) is 14.8. The molecule has 3 nitrogen and oxygen atoms in total. The van der Waals surface area contributed by atoms with Crippen molar-refractivity contribution in [2.45, 2.75) is 58.8 Å². The van der Waals surface area contributed by atoms with E-state index >= 15 is 0 Å². The lowest BCUT2D eigenvalue weighted by Gasteiger charge is -2.53. The van der Waals surface area contributed by atoms with Gasteiger partial charge in [-0.25, -0.2) is 0 Å². The van der Waals surface area contributed by atoms with Gasteiger partial charge >= 0.3 is 0 Å². The number of Topliss-reactive ketones (excluding diaryl/α,β-unsaturated/α-hetero) is 1. The number of allylic oxidation sites excluding steroid dienone is 4. The number of fused-ring (bicyclic) bond motifs is 5. The summed E-state index contributed by atoms with van der Waals surface area (Å²) in [5.41, 5.74) is 2.96. The largest absolute Gasteiger partial charge is 0.389 e. The van der Waals surface area contributed by atoms with E-state index in [1.165, 1.54) is 5.57 Å². The first kappa shape index (κ1) is 16.3. The predicted molar refractivity (Wildman–Crippen MR) is 92.3 cm³/mol. The maximum Gasteiger partial charge on any atom is 0.161 e. The molecule has 1 N–H and O–H groups in total. The number of hydrogen-bond acceptors (Lipinski definition) is 3. The first-order valence-corrected chi connectivity index (χ1v) is 9.48. The molecule has 0 heterocycles. The Kier molecular flexibility index (Phi) is 3.65. The summed E-state index contributed by atoms with van der Waals surface area (Å²) >= 11 is 0. The summed E-state index contributed by atoms with van der Waals surface area (Å²) in [5.74, 6) is 1.44. The van der Waals surface area contributed by atoms with E-state index < -0.39 is 0 Å². The van der Waals surface area contributed by atoms with E-state index in [2.05, 4.69) is 19.9 Å². The normalized spacial score (nSPS) is 44.1. The number of aliphatic hydroxyl groups excluding tert-OH is 1. The molecule has 130 valence electrons. The third kappa shape index (κ3) is 2.06. The quantitative estimate of drug-likeness (QED) is 0.788. The summed E-state index contributed by atoms with van der Waals surface area (Å²) in [6, 6.07) is 0. The Bertz CT molecular complexity index is 658. The molecule has 0 aromatic carbocycles. The van der Waals surface area contributed by atoms with Crippen LogP contribution in [-0.2, 0) is 9.59 Å². The van der Waals surface area contributed by atoms with Crippen molar-refractivity contribution < 1.29 is 14.7 Å². The summed E-state index contributed by atoms with van der Waals surface area (Å²) in [4.78, 5) is 24.1. The van der Waals surface area contributed by atoms with Gasteiger partial charge in [-0.1, -0.05) is 31.1 Å². The maximum absolute atomic E-state index is 12.2. The van der Waals surface area contributed by atoms with E-state index in [1.807, 2.05) is 6.08 Å². The SMILES string of the molecule is C[C@]12CCC(=O)C=C1CC[C@@H]1C2=CC[C@@]2(C)C1CC[C@@H]2C(=O)CO. The van der Waals surface area contributed by atoms with Gasteiger partial charge in [0, 0.05) is 17.8 Å². The fourth-order valence-corrected chi connectivity index (χ4v) is 6.49. The van der Waals surface area contributed by atoms with Crippen LogP contribution in [0.3, 0.4) is 0 Å². The van der Waals surface area contributed by atoms with Crippen LogP contribution in [-0.4, -0.2) is 23.3 Å². The van der Waals surface area contributed by atoms with Gasteiger partial charge in [0.15, 0.2) is 11.6 Å². The van der Waals surface area contributed by atoms with Crippen LogP contribution in [0.1, 0.15) is 58.8 Å². The lowest BCUT2D eigenvalue weighted by atomic mass is 9.51. The molecular formula is C21H28O3. The highest BCUT2D eigenvalue weighted by atomic mass is 16.3. The molecule has 24 heavy (non-hydrogen) atoms. The summed E-state index contributed by atoms with van der Waals surface area (Å²) < 4.78 is 0. The zero-order valence-electron chi connectivity index (χ0n) is 14.8. The molecular weight excluding hydrogens is 300 g/mol. The zero-order chi connectivity index (χ0) is 17.1. The topological polar surface area (TPSA) is 54.4 Å². The molecule has 4 aliphatic carbocycles. The smallest absolute Gasteiger partial charge is 0.161 e. The van der Waals surface area contributed by atoms with Crippen molar-refractivity contribution in [1.29, 1.82) is 0 Å². The van der Waals surface area contributed by atoms with Crippen LogP contribution < -0.4 is 0 Å². The fourth-order valence-electron chi connectivity index (χ4n) is 6.49. The molecule has 0 radical (unpaired) electrons. The van der Waals surface area contributed by atoms with Crippen molar-refractivity contribution in [3.05, 3.63) is 23.3 Å². The first-order chi connectivity index (χ1) is 11.4. The molecule has 0 aromatic rings. The standard InChI is InChI=1S/C21H28O3/c1-20-9-7-14(23)11-13(20)3-4-15-16-5-6-18(19(24)12-22)21(16,2)10-8-17(15)20/h8,11,15-16,18,22H,3-7,9-10,12H2,1-2H3/t15-,16?,18+,20-,21-/m0/s1. The molecule has 2 saturated carbocycles. The van der Waals surface area contributed by atoms with Gasteiger partial charge in [0.05, 0.1) is 0 Å². The molecule has 3 heteroatoms. The molecule has 0 spiro atoms. The number of carbonyl (C=O) groups excluding carboxylic acids is 2. The molecule has 2 fully saturated rings. The number of rotatable bonds is 2. The van der Waals surface area contributed by atoms with Crippen molar-refractivity contribution in [3.63, 3.8) is 0 Å². The third-order valence-corrected chi connectivity index (χ3v) is 7.88. The minimum absolute atomic E-state index is 0.00996. The van der Waals surface area contributed by atoms with Gasteiger partial charge < -0.3 is 5.11 Å². The predicted octanol–water partition coefficient (Wildman–Crippen LogP) is 3.62. The van der Waals surface area contributed by atoms with Gasteiger partial charge in [-0.05, 0) is 61.9 Å². The number of aliphatic hydroxyl groups is 1. The minimum atomic E-state index is -0.319. The van der Waals surface area contributed by atoms with E-state index in [1.54, 1.807) is 5.57 Å². The second-order valence-electron chi connectivity index (χ2n) is 8.84. The molecule has 4 rings (SSSR count). The van der Waals surface area contributed by atoms with Gasteiger partial charge in [-0.3, -0.25) is 9.59 Å². The van der Waals surface area contributed by atoms with Crippen molar-refractivity contribution in [2.75, 3.05) is 6.61 Å². The van der Waals surface area contributed by atoms with Crippen LogP contribution in [0.5, 0.6) is 0 Å². The van der Waals surface area contributed by atoms with E-state index in [0.29, 0.717) is 18.3 Å². The first-order valence-electron chi connectivity index (χ1n) is 9.48. The summed E-state index contributed by atoms with van der Waals surface area (Å²) in [6.07, 6.45) is 11.0. The monoisotopic (exact) mass is 328 g/mol. The molecule has 5 atom stereocenters. The molecule has 4 aliphatic rings. The van der Waals surface area contributed by atoms with Gasteiger partial charge in [-0.15, -0.1) is 0 Å². The van der Waals surface area contributed by atoms with Crippen LogP contribution in [0.15, 0.2) is 23.3 Å². The summed E-state index contributed by atoms with van der Waals surface area (Å²) in [7, 11) is 0. The molecule has 0 amide bonds. The van der Waals surface area contributed by atoms with Crippen molar-refractivity contribution in [2.24, 2.45) is 28.6 Å². The van der Waals surface area contributed by atoms with Crippen LogP contribution in [0.4, 0.5) is 0 Å². The van der Waals surface area contributed by atoms with Gasteiger partial charge in [0.25, 0.3) is 0 Å². The third-order valence-electron chi connectivity index (χ3n) is 7.88. The summed E-state index contributed by atoms with van der Waals surface area (Å²) in [5, 5.41) is 9.35. The van der Waals surface area contributed by atoms with Gasteiger partial charge in [0.2, 0.25) is 0 Å². The van der Waals surface area contributed by atoms with Crippen LogP contribution in [0, 0.1) is 28.6 Å². The van der Waals surface area contributed by atoms with Crippen LogP contribution >= 0.6 is 0 Å². The Morgan fingerprint density at radius 3 is 2.79 bits per heavy atom. The second-order valence-corrected chi connectivity index (χ2v) is 8.84. The van der Waals surface area contributed by atoms with Crippen molar-refractivity contribution >= 4 is 11.6 Å². The maximum atomic E-state index is 12.2. The molecule has 0 aromatic heterocycles. The Morgan fingerprint density at radius 2 is 2.04 bits per heavy atom. The van der Waals surface area contributed by atoms with Crippen LogP contribution in [0.2, 0.25) is 0 Å². The lowest BCUT2D eigenvalue weighted by Crippen LogP contribution is -2.45. The van der Waals surface area contributed by atoms with E-state index in [4.69, 9.17) is 0 Å². The highest BCUT2D eigenvalue weighted by Gasteiger charge is 2.57. The van der Waals surface area contributed by atoms with Crippen molar-refractivity contribution in [3.8, 4) is 0 Å². The highest BCUT2D eigenvalue weighted by molar-refractivity contribution is 5.92. The van der Waals surface area contributed by atoms with E-state index in [9.17, 15) is 14.7 Å². The number of hydrogen-bond donors (Lipinski definition) is 1. The molecule has 1 unspecified atom stereocenters. The van der Waals surface area contributed by atoms with E-state index in [-0.39, 0.29) is 34.9 Å². The summed E-state index contributed by atoms with van der Waals surface area (Å²) in [6.45, 7) is 4.28. The molecule has 0 saturated heterocycles. The minimum Gasteiger partial charge on any atom is -0.389 e. The van der Waals surface area contributed by atoms with Crippen molar-refractivity contribution in [1.82, 2.24) is 0 Å². The van der Waals surface area contributed by atoms with Crippen LogP contribution in [0.25, 0.3) is 0 Å². The Morgan fingerprint density at radius 1 is 1.25 bits per heavy atom. The number of carbonyl (C=O) groups is 2. The average molecular weight is 328 g/mol. The Balaban J connectivity index is 1.72. The Hall–Kier alpha value is -1.22. The van der Waals surface area contributed by atoms with Gasteiger partial charge in [0.1, 0.15) is 6.61 Å². The second kappa shape index (κ2) is 5.39. The fraction of sp³-hybridized carbons (Fsp3) is 0.714. The van der Waals surface area contributed by atoms with Gasteiger partial charge in [-0.2, -0.15) is 0 Å². The average Bonchev–Trinajstić information content (AvgIpc) is 2.92. The lowest BCUT2D eigenvalue weighted by molar-refractivity contribution is -0.129. The molecule has 0 aliphatic heterocycles. The highest BCUT2D eigenvalue weighted by Crippen LogP contribution is 2.64.